The zero-order valence-corrected chi connectivity index (χ0v) is 19.1. The van der Waals surface area contributed by atoms with E-state index in [9.17, 15) is 0 Å². The molecule has 0 bridgehead atoms. The van der Waals surface area contributed by atoms with Crippen molar-refractivity contribution in [3.05, 3.63) is 97.6 Å². The van der Waals surface area contributed by atoms with Crippen LogP contribution in [0.3, 0.4) is 0 Å². The van der Waals surface area contributed by atoms with Crippen molar-refractivity contribution in [1.29, 1.82) is 0 Å². The van der Waals surface area contributed by atoms with Crippen LogP contribution in [0.5, 0.6) is 0 Å². The Morgan fingerprint density at radius 1 is 0.529 bits per heavy atom. The quantitative estimate of drug-likeness (QED) is 0.126. The molecule has 0 saturated heterocycles. The van der Waals surface area contributed by atoms with Gasteiger partial charge in [-0.2, -0.15) is 0 Å². The summed E-state index contributed by atoms with van der Waals surface area (Å²) in [5.41, 5.74) is 4.05. The van der Waals surface area contributed by atoms with Crippen LogP contribution in [0.1, 0.15) is 0 Å². The number of hydrogen-bond acceptors (Lipinski definition) is 8. The molecular formula is C24H16CuN4O4S. The Labute approximate surface area is 205 Å². The van der Waals surface area contributed by atoms with Crippen LogP contribution in [-0.2, 0) is 27.5 Å². The van der Waals surface area contributed by atoms with Crippen LogP contribution in [0.4, 0.5) is 0 Å². The van der Waals surface area contributed by atoms with Crippen LogP contribution in [0, 0.1) is 0 Å². The van der Waals surface area contributed by atoms with Crippen molar-refractivity contribution in [2.45, 2.75) is 0 Å². The predicted molar refractivity (Wildman–Crippen MR) is 125 cm³/mol. The summed E-state index contributed by atoms with van der Waals surface area (Å²) in [5, 5.41) is 4.55. The summed E-state index contributed by atoms with van der Waals surface area (Å²) in [7, 11) is -5.17. The molecule has 173 valence electrons. The van der Waals surface area contributed by atoms with Gasteiger partial charge in [0.25, 0.3) is 0 Å². The maximum Gasteiger partial charge on any atom is 2.00 e. The fourth-order valence-corrected chi connectivity index (χ4v) is 3.39. The Morgan fingerprint density at radius 2 is 0.882 bits per heavy atom. The zero-order chi connectivity index (χ0) is 23.3. The van der Waals surface area contributed by atoms with Gasteiger partial charge < -0.3 is 9.11 Å². The molecular weight excluding hydrogens is 504 g/mol. The minimum Gasteiger partial charge on any atom is -0.759 e. The second kappa shape index (κ2) is 11.1. The fraction of sp³-hybridized carbons (Fsp3) is 0. The molecule has 1 radical (unpaired) electrons. The summed E-state index contributed by atoms with van der Waals surface area (Å²) < 4.78 is 34.1. The molecule has 0 saturated carbocycles. The summed E-state index contributed by atoms with van der Waals surface area (Å²) in [4.78, 5) is 17.3. The second-order valence-electron chi connectivity index (χ2n) is 6.83. The number of hydrogen-bond donors (Lipinski definition) is 0. The first-order chi connectivity index (χ1) is 15.9. The van der Waals surface area contributed by atoms with Crippen LogP contribution in [-0.4, -0.2) is 37.5 Å². The van der Waals surface area contributed by atoms with Gasteiger partial charge in [-0.05, 0) is 48.5 Å². The van der Waals surface area contributed by atoms with Crippen molar-refractivity contribution in [2.75, 3.05) is 0 Å². The third kappa shape index (κ3) is 6.28. The van der Waals surface area contributed by atoms with Gasteiger partial charge in [0.2, 0.25) is 0 Å². The number of rotatable bonds is 0. The van der Waals surface area contributed by atoms with E-state index in [1.807, 2.05) is 48.8 Å². The Hall–Kier alpha value is -3.53. The van der Waals surface area contributed by atoms with Crippen LogP contribution >= 0.6 is 0 Å². The smallest absolute Gasteiger partial charge is 0.759 e. The Morgan fingerprint density at radius 3 is 1.29 bits per heavy atom. The molecule has 0 amide bonds. The molecule has 0 fully saturated rings. The molecule has 0 unspecified atom stereocenters. The summed E-state index contributed by atoms with van der Waals surface area (Å²) in [5.74, 6) is 0. The average molecular weight is 520 g/mol. The van der Waals surface area contributed by atoms with E-state index in [0.717, 1.165) is 43.6 Å². The van der Waals surface area contributed by atoms with Gasteiger partial charge in [-0.1, -0.05) is 24.3 Å². The van der Waals surface area contributed by atoms with Crippen LogP contribution < -0.4 is 0 Å². The Bertz CT molecular complexity index is 1450. The van der Waals surface area contributed by atoms with Gasteiger partial charge in [-0.3, -0.25) is 28.4 Å². The minimum atomic E-state index is -5.17. The van der Waals surface area contributed by atoms with Crippen molar-refractivity contribution in [2.24, 2.45) is 0 Å². The Balaban J connectivity index is 0.000000156. The molecule has 6 aromatic rings. The predicted octanol–water partition coefficient (Wildman–Crippen LogP) is 4.23. The van der Waals surface area contributed by atoms with Crippen molar-refractivity contribution in [3.8, 4) is 0 Å². The number of nitrogens with zero attached hydrogens (tertiary/aromatic N) is 4. The molecule has 0 N–H and O–H groups in total. The first kappa shape index (κ1) is 25.1. The van der Waals surface area contributed by atoms with E-state index in [2.05, 4.69) is 56.3 Å². The van der Waals surface area contributed by atoms with Crippen molar-refractivity contribution in [1.82, 2.24) is 19.9 Å². The molecule has 0 aliphatic rings. The molecule has 8 nitrogen and oxygen atoms in total. The molecule has 10 heteroatoms. The number of fused-ring (bicyclic) bond motifs is 6. The van der Waals surface area contributed by atoms with E-state index in [0.29, 0.717) is 0 Å². The third-order valence-corrected chi connectivity index (χ3v) is 4.71. The molecule has 0 atom stereocenters. The number of benzene rings is 2. The van der Waals surface area contributed by atoms with Crippen molar-refractivity contribution < 1.29 is 34.6 Å². The van der Waals surface area contributed by atoms with E-state index in [1.54, 1.807) is 12.4 Å². The molecule has 6 rings (SSSR count). The van der Waals surface area contributed by atoms with Gasteiger partial charge in [0, 0.05) is 56.7 Å². The molecule has 0 aliphatic carbocycles. The van der Waals surface area contributed by atoms with Gasteiger partial charge >= 0.3 is 17.1 Å². The molecule has 0 aliphatic heterocycles. The van der Waals surface area contributed by atoms with Gasteiger partial charge in [0.15, 0.2) is 0 Å². The summed E-state index contributed by atoms with van der Waals surface area (Å²) in [6.07, 6.45) is 7.23. The maximum atomic E-state index is 8.52. The number of pyridine rings is 4. The topological polar surface area (TPSA) is 132 Å². The van der Waals surface area contributed by atoms with Crippen LogP contribution in [0.25, 0.3) is 43.6 Å². The van der Waals surface area contributed by atoms with Crippen molar-refractivity contribution in [3.63, 3.8) is 0 Å². The van der Waals surface area contributed by atoms with E-state index in [-0.39, 0.29) is 17.1 Å². The van der Waals surface area contributed by atoms with Crippen LogP contribution in [0.2, 0.25) is 0 Å². The molecule has 2 aromatic carbocycles. The average Bonchev–Trinajstić information content (AvgIpc) is 2.83. The molecule has 4 aromatic heterocycles. The fourth-order valence-electron chi connectivity index (χ4n) is 3.39. The standard InChI is InChI=1S/2C12H8N2.Cu.H2O4S/c2*1-3-9-5-6-11-10(4-2-7-13-11)12(9)14-8-1;;1-5(2,3)4/h2*1-8H;;(H2,1,2,3,4)/q;;+2;/p-2. The first-order valence-electron chi connectivity index (χ1n) is 9.74. The van der Waals surface area contributed by atoms with Crippen LogP contribution in [0.15, 0.2) is 97.6 Å². The largest absolute Gasteiger partial charge is 2.00 e. The SMILES string of the molecule is O=S(=O)([O-])[O-].[Cu+2].c1cnc2c(c1)ccc1ncccc12.c1cnc2c(c1)ccc1ncccc12. The minimum absolute atomic E-state index is 0. The first-order valence-corrected chi connectivity index (χ1v) is 11.1. The Kier molecular flexibility index (Phi) is 8.17. The summed E-state index contributed by atoms with van der Waals surface area (Å²) in [6, 6.07) is 24.2. The molecule has 4 heterocycles. The van der Waals surface area contributed by atoms with Gasteiger partial charge in [-0.15, -0.1) is 0 Å². The normalized spacial score (nSPS) is 10.6. The van der Waals surface area contributed by atoms with E-state index >= 15 is 0 Å². The van der Waals surface area contributed by atoms with Gasteiger partial charge in [0.05, 0.1) is 22.1 Å². The van der Waals surface area contributed by atoms with E-state index < -0.39 is 10.4 Å². The monoisotopic (exact) mass is 519 g/mol. The number of aromatic nitrogens is 4. The third-order valence-electron chi connectivity index (χ3n) is 4.71. The molecule has 34 heavy (non-hydrogen) atoms. The van der Waals surface area contributed by atoms with Gasteiger partial charge in [-0.25, -0.2) is 0 Å². The molecule has 0 spiro atoms. The zero-order valence-electron chi connectivity index (χ0n) is 17.4. The van der Waals surface area contributed by atoms with Crippen molar-refractivity contribution >= 4 is 54.0 Å². The maximum absolute atomic E-state index is 8.52. The second-order valence-corrected chi connectivity index (χ2v) is 7.65. The summed E-state index contributed by atoms with van der Waals surface area (Å²) >= 11 is 0. The van der Waals surface area contributed by atoms with E-state index in [1.165, 1.54) is 0 Å². The summed E-state index contributed by atoms with van der Waals surface area (Å²) in [6.45, 7) is 0. The van der Waals surface area contributed by atoms with E-state index in [4.69, 9.17) is 17.5 Å². The van der Waals surface area contributed by atoms with Gasteiger partial charge in [0.1, 0.15) is 0 Å².